The first-order valence-corrected chi connectivity index (χ1v) is 9.71. The summed E-state index contributed by atoms with van der Waals surface area (Å²) >= 11 is 9.36. The average Bonchev–Trinajstić information content (AvgIpc) is 2.41. The summed E-state index contributed by atoms with van der Waals surface area (Å²) < 4.78 is 29.9. The standard InChI is InChI=1S/C14H19BrClNO3S/c1-2-9-3-5-11(6-4-9)20-14-12(16)7-10(15)8-13(14)21(17,18)19/h7-9,11H,2-6H2,1H3,(H2,17,18,19). The van der Waals surface area contributed by atoms with Crippen LogP contribution in [0.25, 0.3) is 0 Å². The van der Waals surface area contributed by atoms with Crippen LogP contribution in [0, 0.1) is 5.92 Å². The number of benzene rings is 1. The molecule has 1 aromatic rings. The molecule has 0 bridgehead atoms. The van der Waals surface area contributed by atoms with Gasteiger partial charge in [-0.1, -0.05) is 40.9 Å². The lowest BCUT2D eigenvalue weighted by atomic mass is 9.86. The fourth-order valence-corrected chi connectivity index (χ4v) is 4.46. The van der Waals surface area contributed by atoms with Gasteiger partial charge >= 0.3 is 0 Å². The zero-order chi connectivity index (χ0) is 15.6. The maximum Gasteiger partial charge on any atom is 0.241 e. The molecule has 7 heteroatoms. The second kappa shape index (κ2) is 6.86. The summed E-state index contributed by atoms with van der Waals surface area (Å²) in [5.41, 5.74) is 0. The van der Waals surface area contributed by atoms with Gasteiger partial charge in [-0.25, -0.2) is 13.6 Å². The number of primary sulfonamides is 1. The maximum absolute atomic E-state index is 11.7. The predicted molar refractivity (Wildman–Crippen MR) is 87.2 cm³/mol. The fraction of sp³-hybridized carbons (Fsp3) is 0.571. The van der Waals surface area contributed by atoms with Crippen molar-refractivity contribution in [3.8, 4) is 5.75 Å². The molecule has 0 aromatic heterocycles. The van der Waals surface area contributed by atoms with Crippen molar-refractivity contribution in [2.24, 2.45) is 11.1 Å². The van der Waals surface area contributed by atoms with Crippen molar-refractivity contribution in [1.82, 2.24) is 0 Å². The van der Waals surface area contributed by atoms with Crippen LogP contribution in [0.1, 0.15) is 39.0 Å². The Morgan fingerprint density at radius 3 is 2.48 bits per heavy atom. The molecule has 0 spiro atoms. The molecule has 0 atom stereocenters. The van der Waals surface area contributed by atoms with E-state index in [0.29, 0.717) is 4.47 Å². The largest absolute Gasteiger partial charge is 0.487 e. The highest BCUT2D eigenvalue weighted by Gasteiger charge is 2.26. The van der Waals surface area contributed by atoms with Crippen molar-refractivity contribution < 1.29 is 13.2 Å². The summed E-state index contributed by atoms with van der Waals surface area (Å²) in [7, 11) is -3.88. The first kappa shape index (κ1) is 17.1. The predicted octanol–water partition coefficient (Wildman–Crippen LogP) is 4.10. The SMILES string of the molecule is CCC1CCC(Oc2c(Cl)cc(Br)cc2S(N)(=O)=O)CC1. The first-order valence-electron chi connectivity index (χ1n) is 6.99. The summed E-state index contributed by atoms with van der Waals surface area (Å²) in [6.07, 6.45) is 5.19. The van der Waals surface area contributed by atoms with Crippen molar-refractivity contribution in [2.45, 2.75) is 50.0 Å². The molecule has 0 heterocycles. The highest BCUT2D eigenvalue weighted by atomic mass is 79.9. The molecule has 2 rings (SSSR count). The minimum atomic E-state index is -3.88. The Bertz CT molecular complexity index is 613. The molecule has 1 aromatic carbocycles. The third-order valence-corrected chi connectivity index (χ3v) is 5.59. The van der Waals surface area contributed by atoms with Gasteiger partial charge in [0.2, 0.25) is 10.0 Å². The highest BCUT2D eigenvalue weighted by Crippen LogP contribution is 2.38. The van der Waals surface area contributed by atoms with Crippen molar-refractivity contribution >= 4 is 37.6 Å². The molecule has 0 unspecified atom stereocenters. The summed E-state index contributed by atoms with van der Waals surface area (Å²) in [6.45, 7) is 2.19. The summed E-state index contributed by atoms with van der Waals surface area (Å²) in [4.78, 5) is -0.0699. The van der Waals surface area contributed by atoms with E-state index in [1.165, 1.54) is 12.5 Å². The number of nitrogens with two attached hydrogens (primary N) is 1. The molecular weight excluding hydrogens is 378 g/mol. The molecule has 1 fully saturated rings. The fourth-order valence-electron chi connectivity index (χ4n) is 2.69. The second-order valence-electron chi connectivity index (χ2n) is 5.43. The molecule has 0 aliphatic heterocycles. The van der Waals surface area contributed by atoms with E-state index in [-0.39, 0.29) is 21.8 Å². The molecule has 0 saturated heterocycles. The summed E-state index contributed by atoms with van der Waals surface area (Å²) in [6, 6.07) is 3.04. The topological polar surface area (TPSA) is 69.4 Å². The van der Waals surface area contributed by atoms with Gasteiger partial charge in [-0.15, -0.1) is 0 Å². The zero-order valence-electron chi connectivity index (χ0n) is 11.8. The van der Waals surface area contributed by atoms with E-state index in [1.54, 1.807) is 6.07 Å². The van der Waals surface area contributed by atoms with Crippen LogP contribution in [0.5, 0.6) is 5.75 Å². The number of halogens is 2. The molecule has 1 aliphatic carbocycles. The number of ether oxygens (including phenoxy) is 1. The lowest BCUT2D eigenvalue weighted by molar-refractivity contribution is 0.126. The lowest BCUT2D eigenvalue weighted by Crippen LogP contribution is -2.25. The minimum Gasteiger partial charge on any atom is -0.487 e. The molecule has 1 saturated carbocycles. The van der Waals surface area contributed by atoms with Gasteiger partial charge in [0.25, 0.3) is 0 Å². The van der Waals surface area contributed by atoms with Gasteiger partial charge < -0.3 is 4.74 Å². The Labute approximate surface area is 139 Å². The summed E-state index contributed by atoms with van der Waals surface area (Å²) in [5, 5.41) is 5.51. The Balaban J connectivity index is 2.24. The maximum atomic E-state index is 11.7. The van der Waals surface area contributed by atoms with Gasteiger partial charge in [0.05, 0.1) is 11.1 Å². The Hall–Kier alpha value is -0.300. The van der Waals surface area contributed by atoms with Crippen molar-refractivity contribution in [3.63, 3.8) is 0 Å². The van der Waals surface area contributed by atoms with Crippen LogP contribution in [-0.4, -0.2) is 14.5 Å². The van der Waals surface area contributed by atoms with E-state index in [1.807, 2.05) is 0 Å². The quantitative estimate of drug-likeness (QED) is 0.833. The monoisotopic (exact) mass is 395 g/mol. The van der Waals surface area contributed by atoms with E-state index in [2.05, 4.69) is 22.9 Å². The van der Waals surface area contributed by atoms with Crippen LogP contribution in [0.15, 0.2) is 21.5 Å². The molecule has 2 N–H and O–H groups in total. The van der Waals surface area contributed by atoms with E-state index in [4.69, 9.17) is 21.5 Å². The minimum absolute atomic E-state index is 0.00743. The molecule has 1 aliphatic rings. The third-order valence-electron chi connectivity index (χ3n) is 3.94. The van der Waals surface area contributed by atoms with E-state index in [9.17, 15) is 8.42 Å². The van der Waals surface area contributed by atoms with Crippen LogP contribution in [0.3, 0.4) is 0 Å². The molecule has 0 amide bonds. The molecular formula is C14H19BrClNO3S. The lowest BCUT2D eigenvalue weighted by Gasteiger charge is -2.29. The van der Waals surface area contributed by atoms with E-state index < -0.39 is 10.0 Å². The van der Waals surface area contributed by atoms with Gasteiger partial charge in [-0.3, -0.25) is 0 Å². The molecule has 118 valence electrons. The van der Waals surface area contributed by atoms with E-state index >= 15 is 0 Å². The smallest absolute Gasteiger partial charge is 0.241 e. The van der Waals surface area contributed by atoms with Crippen molar-refractivity contribution in [1.29, 1.82) is 0 Å². The first-order chi connectivity index (χ1) is 9.81. The van der Waals surface area contributed by atoms with Crippen molar-refractivity contribution in [2.75, 3.05) is 0 Å². The zero-order valence-corrected chi connectivity index (χ0v) is 15.0. The van der Waals surface area contributed by atoms with Crippen LogP contribution in [0.4, 0.5) is 0 Å². The molecule has 21 heavy (non-hydrogen) atoms. The summed E-state index contributed by atoms with van der Waals surface area (Å²) in [5.74, 6) is 0.908. The van der Waals surface area contributed by atoms with Gasteiger partial charge in [-0.2, -0.15) is 0 Å². The van der Waals surface area contributed by atoms with Crippen molar-refractivity contribution in [3.05, 3.63) is 21.6 Å². The van der Waals surface area contributed by atoms with Crippen LogP contribution in [-0.2, 0) is 10.0 Å². The Morgan fingerprint density at radius 1 is 1.33 bits per heavy atom. The van der Waals surface area contributed by atoms with Gasteiger partial charge in [-0.05, 0) is 43.7 Å². The highest BCUT2D eigenvalue weighted by molar-refractivity contribution is 9.10. The van der Waals surface area contributed by atoms with Gasteiger partial charge in [0.15, 0.2) is 5.75 Å². The van der Waals surface area contributed by atoms with Gasteiger partial charge in [0.1, 0.15) is 4.90 Å². The number of sulfonamides is 1. The van der Waals surface area contributed by atoms with Gasteiger partial charge in [0, 0.05) is 4.47 Å². The van der Waals surface area contributed by atoms with Crippen LogP contribution < -0.4 is 9.88 Å². The number of rotatable bonds is 4. The average molecular weight is 397 g/mol. The number of hydrogen-bond donors (Lipinski definition) is 1. The number of hydrogen-bond acceptors (Lipinski definition) is 3. The van der Waals surface area contributed by atoms with E-state index in [0.717, 1.165) is 31.6 Å². The van der Waals surface area contributed by atoms with Crippen LogP contribution in [0.2, 0.25) is 5.02 Å². The molecule has 4 nitrogen and oxygen atoms in total. The third kappa shape index (κ3) is 4.34. The Kier molecular flexibility index (Phi) is 5.57. The Morgan fingerprint density at radius 2 is 1.95 bits per heavy atom. The normalized spacial score (nSPS) is 23.0. The molecule has 0 radical (unpaired) electrons. The second-order valence-corrected chi connectivity index (χ2v) is 8.28. The van der Waals surface area contributed by atoms with Crippen LogP contribution >= 0.6 is 27.5 Å².